The molecular formula is C19H31IN4OS. The molecule has 1 aliphatic rings. The van der Waals surface area contributed by atoms with Gasteiger partial charge in [0.25, 0.3) is 0 Å². The lowest BCUT2D eigenvalue weighted by molar-refractivity contribution is -0.129. The lowest BCUT2D eigenvalue weighted by atomic mass is 10.3. The van der Waals surface area contributed by atoms with Gasteiger partial charge in [-0.25, -0.2) is 0 Å². The van der Waals surface area contributed by atoms with E-state index in [0.717, 1.165) is 45.0 Å². The summed E-state index contributed by atoms with van der Waals surface area (Å²) in [7, 11) is 0. The summed E-state index contributed by atoms with van der Waals surface area (Å²) in [6, 6.07) is 10.4. The van der Waals surface area contributed by atoms with Crippen molar-refractivity contribution in [1.29, 1.82) is 0 Å². The van der Waals surface area contributed by atoms with Crippen LogP contribution in [0.1, 0.15) is 33.1 Å². The molecule has 1 unspecified atom stereocenters. The molecule has 1 aromatic carbocycles. The predicted molar refractivity (Wildman–Crippen MR) is 122 cm³/mol. The highest BCUT2D eigenvalue weighted by molar-refractivity contribution is 14.0. The summed E-state index contributed by atoms with van der Waals surface area (Å²) in [6.07, 6.45) is 2.80. The summed E-state index contributed by atoms with van der Waals surface area (Å²) in [6.45, 7) is 8.24. The third kappa shape index (κ3) is 8.62. The Balaban J connectivity index is 0.00000338. The quantitative estimate of drug-likeness (QED) is 0.254. The number of aliphatic imine (C=N–C) groups is 1. The van der Waals surface area contributed by atoms with Crippen LogP contribution < -0.4 is 10.6 Å². The molecule has 0 bridgehead atoms. The van der Waals surface area contributed by atoms with Crippen molar-refractivity contribution >= 4 is 47.6 Å². The van der Waals surface area contributed by atoms with E-state index in [1.165, 1.54) is 4.90 Å². The molecule has 1 fully saturated rings. The number of halogens is 1. The van der Waals surface area contributed by atoms with Crippen LogP contribution in [0.15, 0.2) is 40.2 Å². The number of nitrogens with zero attached hydrogens (tertiary/aromatic N) is 2. The van der Waals surface area contributed by atoms with Crippen LogP contribution in [-0.2, 0) is 4.79 Å². The molecule has 0 aromatic heterocycles. The molecule has 2 rings (SSSR count). The van der Waals surface area contributed by atoms with Gasteiger partial charge in [-0.3, -0.25) is 9.79 Å². The first kappa shape index (κ1) is 23.1. The van der Waals surface area contributed by atoms with Crippen molar-refractivity contribution in [1.82, 2.24) is 15.5 Å². The third-order valence-electron chi connectivity index (χ3n) is 4.02. The Labute approximate surface area is 178 Å². The fourth-order valence-corrected chi connectivity index (χ4v) is 3.67. The van der Waals surface area contributed by atoms with Crippen LogP contribution >= 0.6 is 35.7 Å². The summed E-state index contributed by atoms with van der Waals surface area (Å²) < 4.78 is 0. The van der Waals surface area contributed by atoms with Crippen molar-refractivity contribution in [2.45, 2.75) is 43.3 Å². The summed E-state index contributed by atoms with van der Waals surface area (Å²) in [5.41, 5.74) is 0. The van der Waals surface area contributed by atoms with E-state index in [9.17, 15) is 4.79 Å². The van der Waals surface area contributed by atoms with Crippen LogP contribution in [0.4, 0.5) is 0 Å². The van der Waals surface area contributed by atoms with E-state index in [0.29, 0.717) is 18.2 Å². The second kappa shape index (κ2) is 13.2. The monoisotopic (exact) mass is 490 g/mol. The minimum absolute atomic E-state index is 0. The Morgan fingerprint density at radius 1 is 1.23 bits per heavy atom. The zero-order valence-corrected chi connectivity index (χ0v) is 18.9. The third-order valence-corrected chi connectivity index (χ3v) is 5.12. The fraction of sp³-hybridized carbons (Fsp3) is 0.579. The van der Waals surface area contributed by atoms with Crippen molar-refractivity contribution in [2.75, 3.05) is 32.7 Å². The summed E-state index contributed by atoms with van der Waals surface area (Å²) in [5.74, 6) is 1.03. The van der Waals surface area contributed by atoms with Crippen molar-refractivity contribution < 1.29 is 4.79 Å². The van der Waals surface area contributed by atoms with E-state index in [1.54, 1.807) is 0 Å². The molecule has 26 heavy (non-hydrogen) atoms. The number of benzene rings is 1. The number of amides is 1. The molecule has 0 radical (unpaired) electrons. The minimum atomic E-state index is 0. The predicted octanol–water partition coefficient (Wildman–Crippen LogP) is 3.35. The largest absolute Gasteiger partial charge is 0.357 e. The van der Waals surface area contributed by atoms with E-state index in [1.807, 2.05) is 22.7 Å². The fourth-order valence-electron chi connectivity index (χ4n) is 2.74. The first-order valence-electron chi connectivity index (χ1n) is 9.20. The zero-order chi connectivity index (χ0) is 17.9. The number of nitrogens with one attached hydrogen (secondary N) is 2. The number of likely N-dealkylation sites (tertiary alicyclic amines) is 1. The Hall–Kier alpha value is -0.960. The van der Waals surface area contributed by atoms with E-state index in [4.69, 9.17) is 0 Å². The SMILES string of the molecule is CCNC(=NCC(C)Sc1ccccc1)NCCC(=O)N1CCCC1.I. The van der Waals surface area contributed by atoms with Crippen molar-refractivity contribution in [3.63, 3.8) is 0 Å². The lowest BCUT2D eigenvalue weighted by Crippen LogP contribution is -2.40. The molecular weight excluding hydrogens is 459 g/mol. The molecule has 1 saturated heterocycles. The Bertz CT molecular complexity index is 550. The van der Waals surface area contributed by atoms with Crippen LogP contribution in [0.3, 0.4) is 0 Å². The molecule has 0 aliphatic carbocycles. The molecule has 1 aromatic rings. The standard InChI is InChI=1S/C19H30N4OS.HI/c1-3-20-19(21-12-11-18(24)23-13-7-8-14-23)22-15-16(2)25-17-9-5-4-6-10-17;/h4-6,9-10,16H,3,7-8,11-15H2,1-2H3,(H2,20,21,22);1H. The summed E-state index contributed by atoms with van der Waals surface area (Å²) in [4.78, 5) is 20.0. The number of carbonyl (C=O) groups excluding carboxylic acids is 1. The molecule has 1 amide bonds. The maximum Gasteiger partial charge on any atom is 0.224 e. The van der Waals surface area contributed by atoms with Crippen LogP contribution in [0.5, 0.6) is 0 Å². The maximum atomic E-state index is 12.1. The number of thioether (sulfide) groups is 1. The highest BCUT2D eigenvalue weighted by Crippen LogP contribution is 2.22. The molecule has 5 nitrogen and oxygen atoms in total. The van der Waals surface area contributed by atoms with Gasteiger partial charge >= 0.3 is 0 Å². The normalized spacial score (nSPS) is 15.3. The number of hydrogen-bond acceptors (Lipinski definition) is 3. The van der Waals surface area contributed by atoms with E-state index < -0.39 is 0 Å². The smallest absolute Gasteiger partial charge is 0.224 e. The highest BCUT2D eigenvalue weighted by atomic mass is 127. The average Bonchev–Trinajstić information content (AvgIpc) is 3.15. The second-order valence-corrected chi connectivity index (χ2v) is 7.74. The van der Waals surface area contributed by atoms with Crippen LogP contribution in [-0.4, -0.2) is 54.7 Å². The van der Waals surface area contributed by atoms with Gasteiger partial charge in [-0.1, -0.05) is 25.1 Å². The van der Waals surface area contributed by atoms with Gasteiger partial charge in [0.15, 0.2) is 5.96 Å². The maximum absolute atomic E-state index is 12.1. The van der Waals surface area contributed by atoms with E-state index >= 15 is 0 Å². The van der Waals surface area contributed by atoms with Crippen LogP contribution in [0.25, 0.3) is 0 Å². The van der Waals surface area contributed by atoms with Gasteiger partial charge in [0.05, 0.1) is 6.54 Å². The highest BCUT2D eigenvalue weighted by Gasteiger charge is 2.17. The minimum Gasteiger partial charge on any atom is -0.357 e. The molecule has 0 saturated carbocycles. The Kier molecular flexibility index (Phi) is 11.8. The lowest BCUT2D eigenvalue weighted by Gasteiger charge is -2.16. The van der Waals surface area contributed by atoms with Crippen LogP contribution in [0, 0.1) is 0 Å². The second-order valence-electron chi connectivity index (χ2n) is 6.23. The van der Waals surface area contributed by atoms with E-state index in [2.05, 4.69) is 53.7 Å². The molecule has 146 valence electrons. The van der Waals surface area contributed by atoms with E-state index in [-0.39, 0.29) is 29.9 Å². The van der Waals surface area contributed by atoms with Gasteiger partial charge in [0, 0.05) is 42.7 Å². The molecule has 7 heteroatoms. The molecule has 1 heterocycles. The first-order valence-corrected chi connectivity index (χ1v) is 10.1. The van der Waals surface area contributed by atoms with Crippen molar-refractivity contribution in [3.05, 3.63) is 30.3 Å². The Morgan fingerprint density at radius 2 is 1.92 bits per heavy atom. The number of carbonyl (C=O) groups is 1. The van der Waals surface area contributed by atoms with Crippen molar-refractivity contribution in [2.24, 2.45) is 4.99 Å². The molecule has 0 spiro atoms. The molecule has 1 aliphatic heterocycles. The number of hydrogen-bond donors (Lipinski definition) is 2. The van der Waals surface area contributed by atoms with Gasteiger partial charge in [-0.15, -0.1) is 35.7 Å². The zero-order valence-electron chi connectivity index (χ0n) is 15.7. The summed E-state index contributed by atoms with van der Waals surface area (Å²) >= 11 is 1.83. The van der Waals surface area contributed by atoms with Gasteiger partial charge in [-0.2, -0.15) is 0 Å². The first-order chi connectivity index (χ1) is 12.2. The van der Waals surface area contributed by atoms with Gasteiger partial charge in [-0.05, 0) is 31.9 Å². The van der Waals surface area contributed by atoms with Gasteiger partial charge in [0.2, 0.25) is 5.91 Å². The average molecular weight is 490 g/mol. The Morgan fingerprint density at radius 3 is 2.58 bits per heavy atom. The molecule has 2 N–H and O–H groups in total. The number of guanidine groups is 1. The topological polar surface area (TPSA) is 56.7 Å². The van der Waals surface area contributed by atoms with Gasteiger partial charge in [0.1, 0.15) is 0 Å². The van der Waals surface area contributed by atoms with Crippen molar-refractivity contribution in [3.8, 4) is 0 Å². The number of rotatable bonds is 8. The van der Waals surface area contributed by atoms with Crippen LogP contribution in [0.2, 0.25) is 0 Å². The van der Waals surface area contributed by atoms with Gasteiger partial charge < -0.3 is 15.5 Å². The summed E-state index contributed by atoms with van der Waals surface area (Å²) in [5, 5.41) is 6.92. The molecule has 1 atom stereocenters.